The lowest BCUT2D eigenvalue weighted by Crippen LogP contribution is -2.41. The molecule has 2 heterocycles. The van der Waals surface area contributed by atoms with Gasteiger partial charge in [0.25, 0.3) is 0 Å². The zero-order valence-corrected chi connectivity index (χ0v) is 17.2. The van der Waals surface area contributed by atoms with Crippen LogP contribution in [0.1, 0.15) is 18.4 Å². The van der Waals surface area contributed by atoms with Gasteiger partial charge in [-0.05, 0) is 42.9 Å². The van der Waals surface area contributed by atoms with E-state index in [4.69, 9.17) is 0 Å². The van der Waals surface area contributed by atoms with Crippen LogP contribution >= 0.6 is 0 Å². The number of aromatic nitrogens is 1. The Morgan fingerprint density at radius 1 is 1.00 bits per heavy atom. The molecule has 0 atom stereocenters. The van der Waals surface area contributed by atoms with Crippen LogP contribution in [0.3, 0.4) is 0 Å². The number of nitrogens with one attached hydrogen (secondary N) is 1. The highest BCUT2D eigenvalue weighted by Gasteiger charge is 2.29. The molecule has 28 heavy (non-hydrogen) atoms. The van der Waals surface area contributed by atoms with Crippen molar-refractivity contribution < 1.29 is 16.8 Å². The molecule has 0 unspecified atom stereocenters. The van der Waals surface area contributed by atoms with Crippen LogP contribution < -0.4 is 4.72 Å². The van der Waals surface area contributed by atoms with E-state index in [1.165, 1.54) is 22.8 Å². The lowest BCUT2D eigenvalue weighted by Gasteiger charge is -2.31. The summed E-state index contributed by atoms with van der Waals surface area (Å²) < 4.78 is 53.8. The topological polar surface area (TPSA) is 96.4 Å². The third-order valence-electron chi connectivity index (χ3n) is 4.94. The van der Waals surface area contributed by atoms with Gasteiger partial charge in [-0.2, -0.15) is 4.31 Å². The number of benzene rings is 1. The molecule has 1 aromatic carbocycles. The van der Waals surface area contributed by atoms with Crippen molar-refractivity contribution in [1.82, 2.24) is 14.0 Å². The van der Waals surface area contributed by atoms with E-state index in [9.17, 15) is 16.8 Å². The lowest BCUT2D eigenvalue weighted by molar-refractivity contribution is 0.274. The highest BCUT2D eigenvalue weighted by atomic mass is 32.2. The van der Waals surface area contributed by atoms with Gasteiger partial charge in [0.2, 0.25) is 20.0 Å². The van der Waals surface area contributed by atoms with Gasteiger partial charge < -0.3 is 0 Å². The average Bonchev–Trinajstić information content (AvgIpc) is 2.73. The normalized spacial score (nSPS) is 16.9. The second-order valence-corrected chi connectivity index (χ2v) is 10.8. The van der Waals surface area contributed by atoms with Crippen LogP contribution in [0.25, 0.3) is 0 Å². The van der Waals surface area contributed by atoms with Crippen LogP contribution in [0.5, 0.6) is 0 Å². The van der Waals surface area contributed by atoms with Crippen molar-refractivity contribution in [2.45, 2.75) is 24.2 Å². The van der Waals surface area contributed by atoms with E-state index < -0.39 is 20.0 Å². The number of nitrogens with zero attached hydrogens (tertiary/aromatic N) is 2. The van der Waals surface area contributed by atoms with Crippen LogP contribution in [0, 0.1) is 5.92 Å². The van der Waals surface area contributed by atoms with Gasteiger partial charge in [0.1, 0.15) is 4.90 Å². The van der Waals surface area contributed by atoms with E-state index in [0.29, 0.717) is 38.9 Å². The summed E-state index contributed by atoms with van der Waals surface area (Å²) in [7, 11) is -6.89. The van der Waals surface area contributed by atoms with E-state index in [2.05, 4.69) is 9.71 Å². The molecule has 0 radical (unpaired) electrons. The first-order valence-electron chi connectivity index (χ1n) is 9.28. The number of pyridine rings is 1. The summed E-state index contributed by atoms with van der Waals surface area (Å²) >= 11 is 0. The van der Waals surface area contributed by atoms with E-state index in [1.54, 1.807) is 6.07 Å². The number of aryl methyl sites for hydroxylation is 1. The molecule has 9 heteroatoms. The number of hydrogen-bond acceptors (Lipinski definition) is 5. The van der Waals surface area contributed by atoms with Gasteiger partial charge in [-0.3, -0.25) is 4.98 Å². The highest BCUT2D eigenvalue weighted by Crippen LogP contribution is 2.23. The molecule has 2 aromatic rings. The Morgan fingerprint density at radius 2 is 1.71 bits per heavy atom. The van der Waals surface area contributed by atoms with Gasteiger partial charge in [-0.25, -0.2) is 21.6 Å². The third-order valence-corrected chi connectivity index (χ3v) is 8.17. The summed E-state index contributed by atoms with van der Waals surface area (Å²) in [5.74, 6) is 0.178. The zero-order chi connectivity index (χ0) is 20.0. The zero-order valence-electron chi connectivity index (χ0n) is 15.6. The molecular formula is C19H25N3O4S2. The van der Waals surface area contributed by atoms with Gasteiger partial charge in [0.15, 0.2) is 0 Å². The maximum atomic E-state index is 12.6. The minimum atomic E-state index is -3.54. The largest absolute Gasteiger partial charge is 0.263 e. The summed E-state index contributed by atoms with van der Waals surface area (Å²) in [5, 5.41) is 0. The molecule has 0 spiro atoms. The van der Waals surface area contributed by atoms with E-state index >= 15 is 0 Å². The summed E-state index contributed by atoms with van der Waals surface area (Å²) in [6.07, 6.45) is 4.61. The van der Waals surface area contributed by atoms with Crippen LogP contribution in [0.4, 0.5) is 0 Å². The number of hydrogen-bond donors (Lipinski definition) is 1. The predicted molar refractivity (Wildman–Crippen MR) is 108 cm³/mol. The molecule has 0 saturated carbocycles. The summed E-state index contributed by atoms with van der Waals surface area (Å²) in [5.41, 5.74) is 0.988. The van der Waals surface area contributed by atoms with Crippen molar-refractivity contribution in [3.63, 3.8) is 0 Å². The van der Waals surface area contributed by atoms with Gasteiger partial charge in [-0.15, -0.1) is 0 Å². The number of rotatable bonds is 8. The second kappa shape index (κ2) is 9.13. The Morgan fingerprint density at radius 3 is 2.36 bits per heavy atom. The molecule has 0 aliphatic carbocycles. The van der Waals surface area contributed by atoms with Crippen molar-refractivity contribution in [2.24, 2.45) is 5.92 Å². The minimum Gasteiger partial charge on any atom is -0.263 e. The fraction of sp³-hybridized carbons (Fsp3) is 0.421. The van der Waals surface area contributed by atoms with E-state index in [1.807, 2.05) is 30.3 Å². The van der Waals surface area contributed by atoms with Crippen molar-refractivity contribution in [2.75, 3.05) is 25.4 Å². The third kappa shape index (κ3) is 5.60. The first kappa shape index (κ1) is 20.9. The van der Waals surface area contributed by atoms with Crippen molar-refractivity contribution in [3.8, 4) is 0 Å². The molecule has 1 aliphatic rings. The Labute approximate surface area is 166 Å². The number of piperidine rings is 1. The standard InChI is InChI=1S/C19H25N3O4S2/c23-27(24,14-10-17-5-2-1-3-6-17)21-15-18-8-12-22(13-9-18)28(25,26)19-7-4-11-20-16-19/h1-7,11,16,18,21H,8-10,12-15H2. The van der Waals surface area contributed by atoms with Gasteiger partial charge >= 0.3 is 0 Å². The van der Waals surface area contributed by atoms with Crippen molar-refractivity contribution >= 4 is 20.0 Å². The highest BCUT2D eigenvalue weighted by molar-refractivity contribution is 7.89. The molecule has 152 valence electrons. The maximum Gasteiger partial charge on any atom is 0.244 e. The van der Waals surface area contributed by atoms with Gasteiger partial charge in [0, 0.05) is 32.0 Å². The maximum absolute atomic E-state index is 12.6. The van der Waals surface area contributed by atoms with Gasteiger partial charge in [0.05, 0.1) is 5.75 Å². The second-order valence-electron chi connectivity index (χ2n) is 6.94. The first-order chi connectivity index (χ1) is 13.4. The monoisotopic (exact) mass is 423 g/mol. The summed E-state index contributed by atoms with van der Waals surface area (Å²) in [6.45, 7) is 1.11. The minimum absolute atomic E-state index is 0.0469. The molecule has 1 saturated heterocycles. The molecular weight excluding hydrogens is 398 g/mol. The Kier molecular flexibility index (Phi) is 6.82. The first-order valence-corrected chi connectivity index (χ1v) is 12.4. The van der Waals surface area contributed by atoms with Crippen molar-refractivity contribution in [1.29, 1.82) is 0 Å². The Hall–Kier alpha value is -1.81. The van der Waals surface area contributed by atoms with Crippen molar-refractivity contribution in [3.05, 3.63) is 60.4 Å². The van der Waals surface area contributed by atoms with Crippen LogP contribution in [0.2, 0.25) is 0 Å². The fourth-order valence-corrected chi connectivity index (χ4v) is 5.79. The SMILES string of the molecule is O=S(=O)(CCc1ccccc1)NCC1CCN(S(=O)(=O)c2cccnc2)CC1. The molecule has 0 amide bonds. The lowest BCUT2D eigenvalue weighted by atomic mass is 9.99. The quantitative estimate of drug-likeness (QED) is 0.696. The van der Waals surface area contributed by atoms with Crippen LogP contribution in [-0.4, -0.2) is 51.5 Å². The van der Waals surface area contributed by atoms with E-state index in [0.717, 1.165) is 5.56 Å². The molecule has 1 aromatic heterocycles. The summed E-state index contributed by atoms with van der Waals surface area (Å²) in [4.78, 5) is 4.06. The average molecular weight is 424 g/mol. The number of sulfonamides is 2. The summed E-state index contributed by atoms with van der Waals surface area (Å²) in [6, 6.07) is 12.6. The molecule has 1 aliphatic heterocycles. The smallest absolute Gasteiger partial charge is 0.244 e. The Bertz CT molecular complexity index is 957. The van der Waals surface area contributed by atoms with Crippen LogP contribution in [0.15, 0.2) is 59.8 Å². The van der Waals surface area contributed by atoms with E-state index in [-0.39, 0.29) is 16.6 Å². The molecule has 1 fully saturated rings. The molecule has 0 bridgehead atoms. The van der Waals surface area contributed by atoms with Crippen LogP contribution in [-0.2, 0) is 26.5 Å². The molecule has 3 rings (SSSR count). The van der Waals surface area contributed by atoms with Gasteiger partial charge in [-0.1, -0.05) is 30.3 Å². The fourth-order valence-electron chi connectivity index (χ4n) is 3.22. The Balaban J connectivity index is 1.46. The molecule has 7 nitrogen and oxygen atoms in total. The molecule has 1 N–H and O–H groups in total. The predicted octanol–water partition coefficient (Wildman–Crippen LogP) is 1.64.